The van der Waals surface area contributed by atoms with Gasteiger partial charge in [-0.15, -0.1) is 0 Å². The van der Waals surface area contributed by atoms with Crippen molar-refractivity contribution in [2.24, 2.45) is 5.92 Å². The van der Waals surface area contributed by atoms with E-state index < -0.39 is 0 Å². The van der Waals surface area contributed by atoms with Crippen molar-refractivity contribution in [3.05, 3.63) is 41.5 Å². The highest BCUT2D eigenvalue weighted by Gasteiger charge is 2.22. The van der Waals surface area contributed by atoms with E-state index >= 15 is 0 Å². The monoisotopic (exact) mass is 187 g/mol. The predicted octanol–water partition coefficient (Wildman–Crippen LogP) is 3.17. The molecule has 0 radical (unpaired) electrons. The zero-order chi connectivity index (χ0) is 9.97. The third-order valence-electron chi connectivity index (χ3n) is 2.92. The fourth-order valence-corrected chi connectivity index (χ4v) is 1.70. The largest absolute Gasteiger partial charge is 0.398 e. The van der Waals surface area contributed by atoms with Gasteiger partial charge in [-0.25, -0.2) is 0 Å². The zero-order valence-electron chi connectivity index (χ0n) is 8.66. The van der Waals surface area contributed by atoms with Gasteiger partial charge in [0.15, 0.2) is 0 Å². The number of benzene rings is 1. The molecule has 1 aliphatic carbocycles. The summed E-state index contributed by atoms with van der Waals surface area (Å²) in [4.78, 5) is 0. The maximum Gasteiger partial charge on any atom is 0.0349 e. The first-order valence-corrected chi connectivity index (χ1v) is 5.27. The molecular formula is C13H17N. The highest BCUT2D eigenvalue weighted by atomic mass is 14.6. The summed E-state index contributed by atoms with van der Waals surface area (Å²) in [6.07, 6.45) is 6.07. The second-order valence-corrected chi connectivity index (χ2v) is 4.13. The SMILES string of the molecule is C/C(=C\Cc1ccccc1N)C1CC1. The molecule has 0 spiro atoms. The third-order valence-corrected chi connectivity index (χ3v) is 2.92. The molecule has 1 saturated carbocycles. The molecule has 1 nitrogen and oxygen atoms in total. The Hall–Kier alpha value is -1.24. The van der Waals surface area contributed by atoms with Crippen LogP contribution in [0.5, 0.6) is 0 Å². The fourth-order valence-electron chi connectivity index (χ4n) is 1.70. The summed E-state index contributed by atoms with van der Waals surface area (Å²) in [6, 6.07) is 8.10. The predicted molar refractivity (Wildman–Crippen MR) is 61.0 cm³/mol. The molecule has 1 aliphatic rings. The van der Waals surface area contributed by atoms with Crippen LogP contribution in [0.15, 0.2) is 35.9 Å². The second-order valence-electron chi connectivity index (χ2n) is 4.13. The molecule has 0 aromatic heterocycles. The molecule has 0 unspecified atom stereocenters. The van der Waals surface area contributed by atoms with Gasteiger partial charge in [-0.1, -0.05) is 29.8 Å². The molecule has 1 aromatic carbocycles. The molecule has 1 fully saturated rings. The smallest absolute Gasteiger partial charge is 0.0349 e. The molecule has 0 bridgehead atoms. The fraction of sp³-hybridized carbons (Fsp3) is 0.385. The first-order chi connectivity index (χ1) is 6.77. The molecule has 0 saturated heterocycles. The number of hydrogen-bond donors (Lipinski definition) is 1. The number of para-hydroxylation sites is 1. The Morgan fingerprint density at radius 3 is 2.79 bits per heavy atom. The minimum Gasteiger partial charge on any atom is -0.398 e. The van der Waals surface area contributed by atoms with Crippen LogP contribution in [0.3, 0.4) is 0 Å². The van der Waals surface area contributed by atoms with Crippen LogP contribution in [0, 0.1) is 5.92 Å². The minimum atomic E-state index is 0.875. The van der Waals surface area contributed by atoms with Crippen molar-refractivity contribution in [3.63, 3.8) is 0 Å². The molecule has 2 rings (SSSR count). The van der Waals surface area contributed by atoms with Gasteiger partial charge in [-0.3, -0.25) is 0 Å². The Morgan fingerprint density at radius 1 is 1.43 bits per heavy atom. The molecule has 14 heavy (non-hydrogen) atoms. The quantitative estimate of drug-likeness (QED) is 0.571. The van der Waals surface area contributed by atoms with Crippen LogP contribution < -0.4 is 5.73 Å². The molecule has 1 aromatic rings. The van der Waals surface area contributed by atoms with Crippen LogP contribution in [0.2, 0.25) is 0 Å². The minimum absolute atomic E-state index is 0.875. The lowest BCUT2D eigenvalue weighted by atomic mass is 10.1. The summed E-state index contributed by atoms with van der Waals surface area (Å²) in [6.45, 7) is 2.23. The van der Waals surface area contributed by atoms with Gasteiger partial charge in [0.1, 0.15) is 0 Å². The molecule has 0 heterocycles. The van der Waals surface area contributed by atoms with Crippen molar-refractivity contribution < 1.29 is 0 Å². The molecule has 0 atom stereocenters. The van der Waals surface area contributed by atoms with E-state index in [9.17, 15) is 0 Å². The van der Waals surface area contributed by atoms with Crippen molar-refractivity contribution in [1.29, 1.82) is 0 Å². The first kappa shape index (κ1) is 9.32. The number of anilines is 1. The summed E-state index contributed by atoms with van der Waals surface area (Å²) in [5.74, 6) is 0.875. The molecule has 0 aliphatic heterocycles. The van der Waals surface area contributed by atoms with E-state index in [0.29, 0.717) is 0 Å². The van der Waals surface area contributed by atoms with Crippen molar-refractivity contribution in [2.75, 3.05) is 5.73 Å². The topological polar surface area (TPSA) is 26.0 Å². The van der Waals surface area contributed by atoms with Gasteiger partial charge in [0.2, 0.25) is 0 Å². The lowest BCUT2D eigenvalue weighted by molar-refractivity contribution is 0.987. The molecule has 2 N–H and O–H groups in total. The average Bonchev–Trinajstić information content (AvgIpc) is 2.99. The van der Waals surface area contributed by atoms with E-state index in [2.05, 4.69) is 19.1 Å². The first-order valence-electron chi connectivity index (χ1n) is 5.27. The maximum atomic E-state index is 5.87. The van der Waals surface area contributed by atoms with Gasteiger partial charge in [0.05, 0.1) is 0 Å². The summed E-state index contributed by atoms with van der Waals surface area (Å²) < 4.78 is 0. The normalized spacial score (nSPS) is 17.1. The van der Waals surface area contributed by atoms with Crippen LogP contribution in [0.25, 0.3) is 0 Å². The molecule has 74 valence electrons. The summed E-state index contributed by atoms with van der Waals surface area (Å²) in [5.41, 5.74) is 9.56. The van der Waals surface area contributed by atoms with Crippen LogP contribution in [-0.4, -0.2) is 0 Å². The summed E-state index contributed by atoms with van der Waals surface area (Å²) in [7, 11) is 0. The number of nitrogens with two attached hydrogens (primary N) is 1. The van der Waals surface area contributed by atoms with Gasteiger partial charge < -0.3 is 5.73 Å². The standard InChI is InChI=1S/C13H17N/c1-10(11-8-9-11)6-7-12-4-2-3-5-13(12)14/h2-6,11H,7-9,14H2,1H3/b10-6+. The van der Waals surface area contributed by atoms with Crippen LogP contribution in [-0.2, 0) is 6.42 Å². The maximum absolute atomic E-state index is 5.87. The van der Waals surface area contributed by atoms with Crippen molar-refractivity contribution in [3.8, 4) is 0 Å². The van der Waals surface area contributed by atoms with E-state index in [-0.39, 0.29) is 0 Å². The van der Waals surface area contributed by atoms with E-state index in [4.69, 9.17) is 5.73 Å². The Balaban J connectivity index is 2.03. The van der Waals surface area contributed by atoms with Crippen molar-refractivity contribution >= 4 is 5.69 Å². The Labute approximate surface area is 85.6 Å². The lowest BCUT2D eigenvalue weighted by Crippen LogP contribution is -1.92. The number of hydrogen-bond acceptors (Lipinski definition) is 1. The average molecular weight is 187 g/mol. The highest BCUT2D eigenvalue weighted by molar-refractivity contribution is 5.47. The number of rotatable bonds is 3. The van der Waals surface area contributed by atoms with Crippen molar-refractivity contribution in [1.82, 2.24) is 0 Å². The Kier molecular flexibility index (Phi) is 2.58. The van der Waals surface area contributed by atoms with Gasteiger partial charge in [0.25, 0.3) is 0 Å². The van der Waals surface area contributed by atoms with E-state index in [1.54, 1.807) is 0 Å². The molecule has 1 heteroatoms. The highest BCUT2D eigenvalue weighted by Crippen LogP contribution is 2.36. The van der Waals surface area contributed by atoms with Gasteiger partial charge >= 0.3 is 0 Å². The summed E-state index contributed by atoms with van der Waals surface area (Å²) >= 11 is 0. The van der Waals surface area contributed by atoms with Crippen molar-refractivity contribution in [2.45, 2.75) is 26.2 Å². The van der Waals surface area contributed by atoms with Crippen LogP contribution in [0.4, 0.5) is 5.69 Å². The Morgan fingerprint density at radius 2 is 2.14 bits per heavy atom. The molecule has 0 amide bonds. The molecular weight excluding hydrogens is 170 g/mol. The Bertz CT molecular complexity index is 348. The number of allylic oxidation sites excluding steroid dienone is 2. The second kappa shape index (κ2) is 3.87. The van der Waals surface area contributed by atoms with Gasteiger partial charge in [0, 0.05) is 5.69 Å². The van der Waals surface area contributed by atoms with Gasteiger partial charge in [-0.2, -0.15) is 0 Å². The lowest BCUT2D eigenvalue weighted by Gasteiger charge is -2.02. The van der Waals surface area contributed by atoms with E-state index in [1.807, 2.05) is 18.2 Å². The summed E-state index contributed by atoms with van der Waals surface area (Å²) in [5, 5.41) is 0. The van der Waals surface area contributed by atoms with Gasteiger partial charge in [-0.05, 0) is 43.7 Å². The number of nitrogen functional groups attached to an aromatic ring is 1. The zero-order valence-corrected chi connectivity index (χ0v) is 8.66. The third kappa shape index (κ3) is 2.16. The van der Waals surface area contributed by atoms with Crippen LogP contribution in [0.1, 0.15) is 25.3 Å². The van der Waals surface area contributed by atoms with E-state index in [0.717, 1.165) is 18.0 Å². The van der Waals surface area contributed by atoms with Crippen LogP contribution >= 0.6 is 0 Å². The van der Waals surface area contributed by atoms with E-state index in [1.165, 1.54) is 24.0 Å².